The van der Waals surface area contributed by atoms with Gasteiger partial charge >= 0.3 is 5.97 Å². The van der Waals surface area contributed by atoms with Crippen molar-refractivity contribution in [2.75, 3.05) is 0 Å². The van der Waals surface area contributed by atoms with Crippen LogP contribution < -0.4 is 10.2 Å². The average Bonchev–Trinajstić information content (AvgIpc) is 2.80. The lowest BCUT2D eigenvalue weighted by molar-refractivity contribution is 0.0734. The van der Waals surface area contributed by atoms with Gasteiger partial charge in [-0.25, -0.2) is 14.6 Å². The monoisotopic (exact) mass is 426 g/mol. The number of carbonyl (C=O) groups excluding carboxylic acids is 2. The highest BCUT2D eigenvalue weighted by atomic mass is 19.1. The minimum Gasteiger partial charge on any atom is -0.422 e. The van der Waals surface area contributed by atoms with Crippen molar-refractivity contribution in [3.8, 4) is 5.75 Å². The third-order valence-corrected chi connectivity index (χ3v) is 4.90. The molecule has 0 saturated carbocycles. The number of hydrogen-bond donors (Lipinski definition) is 1. The Hall–Kier alpha value is -4.32. The maximum Gasteiger partial charge on any atom is 0.343 e. The van der Waals surface area contributed by atoms with Crippen LogP contribution in [0.1, 0.15) is 31.8 Å². The molecule has 0 aliphatic rings. The van der Waals surface area contributed by atoms with Crippen molar-refractivity contribution in [1.29, 1.82) is 0 Å². The molecule has 4 rings (SSSR count). The van der Waals surface area contributed by atoms with E-state index >= 15 is 0 Å². The summed E-state index contributed by atoms with van der Waals surface area (Å²) in [6.45, 7) is 1.93. The second-order valence-electron chi connectivity index (χ2n) is 7.13. The second-order valence-corrected chi connectivity index (χ2v) is 7.13. The fraction of sp³-hybridized carbons (Fsp3) is 0.0385. The van der Waals surface area contributed by atoms with Gasteiger partial charge in [-0.15, -0.1) is 0 Å². The fourth-order valence-corrected chi connectivity index (χ4v) is 3.21. The quantitative estimate of drug-likeness (QED) is 0.205. The van der Waals surface area contributed by atoms with Crippen molar-refractivity contribution < 1.29 is 18.7 Å². The molecular formula is C26H19FN2O3. The Kier molecular flexibility index (Phi) is 6.03. The van der Waals surface area contributed by atoms with Gasteiger partial charge in [-0.1, -0.05) is 60.2 Å². The molecule has 4 aromatic rings. The molecule has 1 N–H and O–H groups in total. The van der Waals surface area contributed by atoms with Crippen LogP contribution in [-0.4, -0.2) is 18.1 Å². The van der Waals surface area contributed by atoms with E-state index in [-0.39, 0.29) is 11.3 Å². The van der Waals surface area contributed by atoms with Crippen LogP contribution in [0, 0.1) is 12.7 Å². The van der Waals surface area contributed by atoms with Gasteiger partial charge in [0.2, 0.25) is 0 Å². The van der Waals surface area contributed by atoms with E-state index in [0.29, 0.717) is 11.1 Å². The number of hydrazone groups is 1. The first kappa shape index (κ1) is 20.9. The van der Waals surface area contributed by atoms with Crippen LogP contribution in [0.25, 0.3) is 10.8 Å². The SMILES string of the molecule is Cc1ccc(C(=O)Oc2ccc3ccccc3c2/C=N\NC(=O)c2ccccc2F)cc1. The number of ether oxygens (including phenoxy) is 1. The predicted molar refractivity (Wildman–Crippen MR) is 122 cm³/mol. The summed E-state index contributed by atoms with van der Waals surface area (Å²) in [4.78, 5) is 24.9. The Morgan fingerprint density at radius 2 is 1.62 bits per heavy atom. The van der Waals surface area contributed by atoms with Crippen molar-refractivity contribution in [3.63, 3.8) is 0 Å². The Labute approximate surface area is 184 Å². The zero-order valence-electron chi connectivity index (χ0n) is 17.2. The van der Waals surface area contributed by atoms with E-state index in [2.05, 4.69) is 10.5 Å². The number of hydrogen-bond acceptors (Lipinski definition) is 4. The molecule has 6 heteroatoms. The lowest BCUT2D eigenvalue weighted by Gasteiger charge is -2.11. The first-order chi connectivity index (χ1) is 15.5. The lowest BCUT2D eigenvalue weighted by atomic mass is 10.0. The Morgan fingerprint density at radius 1 is 0.906 bits per heavy atom. The molecule has 0 bridgehead atoms. The molecule has 32 heavy (non-hydrogen) atoms. The van der Waals surface area contributed by atoms with Crippen LogP contribution in [0.3, 0.4) is 0 Å². The van der Waals surface area contributed by atoms with Gasteiger partial charge in [0.15, 0.2) is 0 Å². The highest BCUT2D eigenvalue weighted by Crippen LogP contribution is 2.27. The Balaban J connectivity index is 1.63. The van der Waals surface area contributed by atoms with Crippen LogP contribution in [0.2, 0.25) is 0 Å². The highest BCUT2D eigenvalue weighted by Gasteiger charge is 2.14. The molecule has 0 saturated heterocycles. The largest absolute Gasteiger partial charge is 0.422 e. The normalized spacial score (nSPS) is 10.9. The van der Waals surface area contributed by atoms with E-state index in [4.69, 9.17) is 4.74 Å². The zero-order valence-corrected chi connectivity index (χ0v) is 17.2. The van der Waals surface area contributed by atoms with Gasteiger partial charge in [-0.3, -0.25) is 4.79 Å². The van der Waals surface area contributed by atoms with E-state index in [1.807, 2.05) is 49.4 Å². The zero-order chi connectivity index (χ0) is 22.5. The molecule has 0 unspecified atom stereocenters. The summed E-state index contributed by atoms with van der Waals surface area (Å²) in [6.07, 6.45) is 1.39. The van der Waals surface area contributed by atoms with Gasteiger partial charge in [-0.05, 0) is 48.0 Å². The molecule has 0 aliphatic carbocycles. The Morgan fingerprint density at radius 3 is 2.41 bits per heavy atom. The van der Waals surface area contributed by atoms with Gasteiger partial charge in [0, 0.05) is 5.56 Å². The van der Waals surface area contributed by atoms with Crippen LogP contribution in [0.15, 0.2) is 90.0 Å². The average molecular weight is 426 g/mol. The molecule has 5 nitrogen and oxygen atoms in total. The molecule has 0 aliphatic heterocycles. The molecule has 0 aromatic heterocycles. The standard InChI is InChI=1S/C26H19FN2O3/c1-17-10-12-19(13-11-17)26(31)32-24-15-14-18-6-2-3-7-20(18)22(24)16-28-29-25(30)21-8-4-5-9-23(21)27/h2-16H,1H3,(H,29,30)/b28-16-. The summed E-state index contributed by atoms with van der Waals surface area (Å²) < 4.78 is 19.5. The fourth-order valence-electron chi connectivity index (χ4n) is 3.21. The van der Waals surface area contributed by atoms with E-state index < -0.39 is 17.7 Å². The van der Waals surface area contributed by atoms with Crippen molar-refractivity contribution in [2.24, 2.45) is 5.10 Å². The summed E-state index contributed by atoms with van der Waals surface area (Å²) in [6, 6.07) is 23.7. The van der Waals surface area contributed by atoms with Crippen molar-refractivity contribution in [1.82, 2.24) is 5.43 Å². The highest BCUT2D eigenvalue weighted by molar-refractivity contribution is 6.04. The number of nitrogens with zero attached hydrogens (tertiary/aromatic N) is 1. The number of fused-ring (bicyclic) bond motifs is 1. The number of amides is 1. The Bertz CT molecular complexity index is 1330. The first-order valence-corrected chi connectivity index (χ1v) is 9.91. The lowest BCUT2D eigenvalue weighted by Crippen LogP contribution is -2.19. The number of benzene rings is 4. The summed E-state index contributed by atoms with van der Waals surface area (Å²) >= 11 is 0. The van der Waals surface area contributed by atoms with Gasteiger partial charge in [0.25, 0.3) is 5.91 Å². The minimum absolute atomic E-state index is 0.117. The van der Waals surface area contributed by atoms with E-state index in [1.165, 1.54) is 24.4 Å². The topological polar surface area (TPSA) is 67.8 Å². The van der Waals surface area contributed by atoms with Crippen LogP contribution >= 0.6 is 0 Å². The van der Waals surface area contributed by atoms with Crippen LogP contribution in [0.5, 0.6) is 5.75 Å². The second kappa shape index (κ2) is 9.22. The molecule has 1 amide bonds. The number of nitrogens with one attached hydrogen (secondary N) is 1. The number of esters is 1. The number of carbonyl (C=O) groups is 2. The number of rotatable bonds is 5. The van der Waals surface area contributed by atoms with Gasteiger partial charge < -0.3 is 4.74 Å². The smallest absolute Gasteiger partial charge is 0.343 e. The summed E-state index contributed by atoms with van der Waals surface area (Å²) in [5.74, 6) is -1.54. The van der Waals surface area contributed by atoms with Gasteiger partial charge in [0.05, 0.1) is 17.3 Å². The van der Waals surface area contributed by atoms with Crippen LogP contribution in [0.4, 0.5) is 4.39 Å². The van der Waals surface area contributed by atoms with E-state index in [9.17, 15) is 14.0 Å². The molecule has 4 aromatic carbocycles. The van der Waals surface area contributed by atoms with Crippen molar-refractivity contribution in [2.45, 2.75) is 6.92 Å². The van der Waals surface area contributed by atoms with E-state index in [1.54, 1.807) is 24.3 Å². The number of aryl methyl sites for hydroxylation is 1. The molecule has 0 spiro atoms. The first-order valence-electron chi connectivity index (χ1n) is 9.91. The third kappa shape index (κ3) is 4.54. The maximum absolute atomic E-state index is 13.8. The molecule has 0 fully saturated rings. The molecule has 158 valence electrons. The minimum atomic E-state index is -0.683. The van der Waals surface area contributed by atoms with Crippen molar-refractivity contribution in [3.05, 3.63) is 113 Å². The van der Waals surface area contributed by atoms with Crippen molar-refractivity contribution >= 4 is 28.9 Å². The summed E-state index contributed by atoms with van der Waals surface area (Å²) in [5, 5.41) is 5.67. The molecular weight excluding hydrogens is 407 g/mol. The molecule has 0 heterocycles. The maximum atomic E-state index is 13.8. The van der Waals surface area contributed by atoms with Gasteiger partial charge in [-0.2, -0.15) is 5.10 Å². The summed E-state index contributed by atoms with van der Waals surface area (Å²) in [5.41, 5.74) is 4.17. The summed E-state index contributed by atoms with van der Waals surface area (Å²) in [7, 11) is 0. The van der Waals surface area contributed by atoms with Gasteiger partial charge in [0.1, 0.15) is 11.6 Å². The van der Waals surface area contributed by atoms with Crippen LogP contribution in [-0.2, 0) is 0 Å². The van der Waals surface area contributed by atoms with E-state index in [0.717, 1.165) is 16.3 Å². The molecule has 0 atom stereocenters. The third-order valence-electron chi connectivity index (χ3n) is 4.90. The molecule has 0 radical (unpaired) electrons. The number of halogens is 1. The predicted octanol–water partition coefficient (Wildman–Crippen LogP) is 5.27.